The first-order valence-electron chi connectivity index (χ1n) is 9.15. The Morgan fingerprint density at radius 1 is 0.786 bits per heavy atom. The first kappa shape index (κ1) is 19.8. The lowest BCUT2D eigenvalue weighted by Gasteiger charge is -2.23. The number of nitrogens with zero attached hydrogens (tertiary/aromatic N) is 1. The summed E-state index contributed by atoms with van der Waals surface area (Å²) in [6.45, 7) is 5.82. The van der Waals surface area contributed by atoms with Gasteiger partial charge in [0.05, 0.1) is 10.6 Å². The van der Waals surface area contributed by atoms with Gasteiger partial charge in [-0.1, -0.05) is 54.4 Å². The highest BCUT2D eigenvalue weighted by molar-refractivity contribution is 7.93. The van der Waals surface area contributed by atoms with E-state index in [2.05, 4.69) is 0 Å². The summed E-state index contributed by atoms with van der Waals surface area (Å²) in [6, 6.07) is 20.4. The minimum Gasteiger partial charge on any atom is -0.268 e. The molecule has 144 valence electrons. The maximum Gasteiger partial charge on any atom is 0.272 e. The van der Waals surface area contributed by atoms with E-state index < -0.39 is 15.9 Å². The van der Waals surface area contributed by atoms with Crippen LogP contribution in [0, 0.1) is 13.8 Å². The fraction of sp³-hybridized carbons (Fsp3) is 0.174. The molecule has 0 aliphatic heterocycles. The first-order valence-corrected chi connectivity index (χ1v) is 10.6. The van der Waals surface area contributed by atoms with Gasteiger partial charge in [0, 0.05) is 5.56 Å². The van der Waals surface area contributed by atoms with Crippen molar-refractivity contribution in [1.82, 2.24) is 0 Å². The van der Waals surface area contributed by atoms with E-state index in [9.17, 15) is 13.2 Å². The van der Waals surface area contributed by atoms with Crippen LogP contribution >= 0.6 is 0 Å². The lowest BCUT2D eigenvalue weighted by molar-refractivity contribution is 0.101. The minimum absolute atomic E-state index is 0.0816. The molecule has 0 aliphatic rings. The molecule has 0 N–H and O–H groups in total. The third-order valence-electron chi connectivity index (χ3n) is 4.62. The van der Waals surface area contributed by atoms with E-state index in [1.54, 1.807) is 48.5 Å². The molecule has 0 aromatic heterocycles. The second-order valence-electron chi connectivity index (χ2n) is 6.77. The highest BCUT2D eigenvalue weighted by Gasteiger charge is 2.31. The van der Waals surface area contributed by atoms with Crippen LogP contribution in [-0.4, -0.2) is 14.3 Å². The molecule has 0 aliphatic carbocycles. The number of carbonyl (C=O) groups excluding carboxylic acids is 1. The van der Waals surface area contributed by atoms with Crippen molar-refractivity contribution in [2.75, 3.05) is 4.31 Å². The number of hydrogen-bond donors (Lipinski definition) is 0. The second-order valence-corrected chi connectivity index (χ2v) is 8.56. The summed E-state index contributed by atoms with van der Waals surface area (Å²) >= 11 is 0. The predicted molar refractivity (Wildman–Crippen MR) is 112 cm³/mol. The molecule has 0 saturated carbocycles. The Balaban J connectivity index is 2.13. The summed E-state index contributed by atoms with van der Waals surface area (Å²) in [5.74, 6) is -0.579. The van der Waals surface area contributed by atoms with E-state index in [1.165, 1.54) is 12.1 Å². The van der Waals surface area contributed by atoms with E-state index in [1.807, 2.05) is 32.9 Å². The molecule has 1 amide bonds. The van der Waals surface area contributed by atoms with Gasteiger partial charge in [-0.05, 0) is 62.2 Å². The molecule has 3 rings (SSSR count). The number of rotatable bonds is 5. The van der Waals surface area contributed by atoms with Crippen LogP contribution in [0.15, 0.2) is 77.7 Å². The Hall–Kier alpha value is -2.92. The van der Waals surface area contributed by atoms with Gasteiger partial charge in [0.15, 0.2) is 0 Å². The standard InChI is InChI=1S/C23H23NO3S/c1-4-19-9-13-21(14-10-19)24(23(25)20-11-5-17(2)6-12-20)28(26,27)22-15-7-18(3)8-16-22/h5-16H,4H2,1-3H3. The molecule has 3 aromatic carbocycles. The SMILES string of the molecule is CCc1ccc(N(C(=O)c2ccc(C)cc2)S(=O)(=O)c2ccc(C)cc2)cc1. The van der Waals surface area contributed by atoms with Gasteiger partial charge in [0.1, 0.15) is 0 Å². The topological polar surface area (TPSA) is 54.5 Å². The monoisotopic (exact) mass is 393 g/mol. The number of aryl methyl sites for hydroxylation is 3. The molecule has 0 saturated heterocycles. The van der Waals surface area contributed by atoms with Crippen molar-refractivity contribution in [3.63, 3.8) is 0 Å². The van der Waals surface area contributed by atoms with Crippen LogP contribution in [0.1, 0.15) is 34.0 Å². The zero-order chi connectivity index (χ0) is 20.3. The number of benzene rings is 3. The normalized spacial score (nSPS) is 11.2. The highest BCUT2D eigenvalue weighted by atomic mass is 32.2. The van der Waals surface area contributed by atoms with Gasteiger partial charge < -0.3 is 0 Å². The molecule has 0 spiro atoms. The quantitative estimate of drug-likeness (QED) is 0.619. The lowest BCUT2D eigenvalue weighted by Crippen LogP contribution is -2.37. The van der Waals surface area contributed by atoms with Gasteiger partial charge in [-0.15, -0.1) is 0 Å². The van der Waals surface area contributed by atoms with Gasteiger partial charge in [-0.3, -0.25) is 4.79 Å². The number of sulfonamides is 1. The summed E-state index contributed by atoms with van der Waals surface area (Å²) in [7, 11) is -4.06. The predicted octanol–water partition coefficient (Wildman–Crippen LogP) is 4.90. The molecule has 0 fully saturated rings. The molecular formula is C23H23NO3S. The summed E-state index contributed by atoms with van der Waals surface area (Å²) in [5, 5.41) is 0. The Morgan fingerprint density at radius 2 is 1.29 bits per heavy atom. The maximum atomic E-state index is 13.4. The average molecular weight is 394 g/mol. The van der Waals surface area contributed by atoms with Crippen LogP contribution in [0.25, 0.3) is 0 Å². The number of amides is 1. The van der Waals surface area contributed by atoms with Crippen molar-refractivity contribution in [3.05, 3.63) is 95.1 Å². The summed E-state index contributed by atoms with van der Waals surface area (Å²) in [6.07, 6.45) is 0.830. The van der Waals surface area contributed by atoms with Gasteiger partial charge in [-0.2, -0.15) is 4.31 Å². The van der Waals surface area contributed by atoms with Crippen molar-refractivity contribution in [1.29, 1.82) is 0 Å². The molecule has 0 bridgehead atoms. The smallest absolute Gasteiger partial charge is 0.268 e. The van der Waals surface area contributed by atoms with Crippen LogP contribution < -0.4 is 4.31 Å². The Labute approximate surface area is 166 Å². The second kappa shape index (κ2) is 7.98. The van der Waals surface area contributed by atoms with Gasteiger partial charge in [-0.25, -0.2) is 8.42 Å². The van der Waals surface area contributed by atoms with Crippen LogP contribution in [0.5, 0.6) is 0 Å². The Bertz CT molecular complexity index is 1070. The molecule has 0 heterocycles. The summed E-state index contributed by atoms with van der Waals surface area (Å²) in [5.41, 5.74) is 3.66. The van der Waals surface area contributed by atoms with E-state index >= 15 is 0 Å². The van der Waals surface area contributed by atoms with Crippen LogP contribution in [-0.2, 0) is 16.4 Å². The van der Waals surface area contributed by atoms with Crippen LogP contribution in [0.4, 0.5) is 5.69 Å². The van der Waals surface area contributed by atoms with Gasteiger partial charge >= 0.3 is 0 Å². The highest BCUT2D eigenvalue weighted by Crippen LogP contribution is 2.27. The Morgan fingerprint density at radius 3 is 1.79 bits per heavy atom. The fourth-order valence-corrected chi connectivity index (χ4v) is 4.28. The zero-order valence-corrected chi connectivity index (χ0v) is 17.0. The molecule has 5 heteroatoms. The minimum atomic E-state index is -4.06. The van der Waals surface area contributed by atoms with Crippen LogP contribution in [0.2, 0.25) is 0 Å². The van der Waals surface area contributed by atoms with E-state index in [4.69, 9.17) is 0 Å². The van der Waals surface area contributed by atoms with Crippen molar-refractivity contribution in [3.8, 4) is 0 Å². The summed E-state index contributed by atoms with van der Waals surface area (Å²) < 4.78 is 27.7. The third-order valence-corrected chi connectivity index (χ3v) is 6.35. The molecule has 3 aromatic rings. The van der Waals surface area contributed by atoms with Crippen molar-refractivity contribution >= 4 is 21.6 Å². The number of hydrogen-bond acceptors (Lipinski definition) is 3. The van der Waals surface area contributed by atoms with Crippen molar-refractivity contribution < 1.29 is 13.2 Å². The van der Waals surface area contributed by atoms with Crippen molar-refractivity contribution in [2.24, 2.45) is 0 Å². The van der Waals surface area contributed by atoms with E-state index in [0.717, 1.165) is 27.4 Å². The third kappa shape index (κ3) is 3.99. The zero-order valence-electron chi connectivity index (χ0n) is 16.2. The largest absolute Gasteiger partial charge is 0.272 e. The lowest BCUT2D eigenvalue weighted by atomic mass is 10.1. The maximum absolute atomic E-state index is 13.4. The molecule has 0 radical (unpaired) electrons. The van der Waals surface area contributed by atoms with Crippen LogP contribution in [0.3, 0.4) is 0 Å². The molecular weight excluding hydrogens is 370 g/mol. The van der Waals surface area contributed by atoms with Gasteiger partial charge in [0.25, 0.3) is 15.9 Å². The molecule has 0 atom stereocenters. The fourth-order valence-electron chi connectivity index (χ4n) is 2.86. The summed E-state index contributed by atoms with van der Waals surface area (Å²) in [4.78, 5) is 13.3. The number of carbonyl (C=O) groups is 1. The van der Waals surface area contributed by atoms with Gasteiger partial charge in [0.2, 0.25) is 0 Å². The molecule has 4 nitrogen and oxygen atoms in total. The van der Waals surface area contributed by atoms with E-state index in [-0.39, 0.29) is 4.90 Å². The van der Waals surface area contributed by atoms with E-state index in [0.29, 0.717) is 11.3 Å². The number of anilines is 1. The Kier molecular flexibility index (Phi) is 5.66. The first-order chi connectivity index (χ1) is 13.3. The average Bonchev–Trinajstić information content (AvgIpc) is 2.69. The molecule has 28 heavy (non-hydrogen) atoms. The van der Waals surface area contributed by atoms with Crippen molar-refractivity contribution in [2.45, 2.75) is 32.1 Å². The molecule has 0 unspecified atom stereocenters.